The Balaban J connectivity index is 0.00000156. The molecule has 0 aromatic heterocycles. The van der Waals surface area contributed by atoms with Crippen LogP contribution in [0.25, 0.3) is 0 Å². The van der Waals surface area contributed by atoms with Gasteiger partial charge in [0.05, 0.1) is 0 Å². The van der Waals surface area contributed by atoms with Crippen molar-refractivity contribution in [2.24, 2.45) is 5.92 Å². The molecule has 0 aliphatic carbocycles. The van der Waals surface area contributed by atoms with Gasteiger partial charge in [-0.3, -0.25) is 9.69 Å². The van der Waals surface area contributed by atoms with Crippen LogP contribution in [0, 0.1) is 5.92 Å². The lowest BCUT2D eigenvalue weighted by Gasteiger charge is -2.14. The molecule has 2 saturated heterocycles. The quantitative estimate of drug-likeness (QED) is 0.755. The summed E-state index contributed by atoms with van der Waals surface area (Å²) >= 11 is 0. The van der Waals surface area contributed by atoms with Crippen molar-refractivity contribution in [1.29, 1.82) is 0 Å². The summed E-state index contributed by atoms with van der Waals surface area (Å²) < 4.78 is 0. The smallest absolute Gasteiger partial charge is 0.220 e. The van der Waals surface area contributed by atoms with Gasteiger partial charge in [0.15, 0.2) is 0 Å². The molecule has 2 aliphatic rings. The van der Waals surface area contributed by atoms with Gasteiger partial charge in [0.25, 0.3) is 0 Å². The number of nitrogens with one attached hydrogen (secondary N) is 2. The van der Waals surface area contributed by atoms with Crippen LogP contribution in [-0.4, -0.2) is 37.0 Å². The molecule has 6 heteroatoms. The fourth-order valence-corrected chi connectivity index (χ4v) is 3.55. The molecular weight excluding hydrogens is 357 g/mol. The Kier molecular flexibility index (Phi) is 10.4. The molecule has 1 aromatic rings. The summed E-state index contributed by atoms with van der Waals surface area (Å²) in [6.07, 6.45) is 5.54. The minimum Gasteiger partial charge on any atom is -0.352 e. The Bertz CT molecular complexity index is 498. The van der Waals surface area contributed by atoms with Crippen LogP contribution in [0.15, 0.2) is 24.3 Å². The second kappa shape index (κ2) is 11.7. The number of hydrogen-bond acceptors (Lipinski definition) is 3. The number of carbonyl (C=O) groups excluding carboxylic acids is 1. The van der Waals surface area contributed by atoms with Crippen molar-refractivity contribution in [3.05, 3.63) is 35.4 Å². The summed E-state index contributed by atoms with van der Waals surface area (Å²) in [5.74, 6) is 0.865. The number of carbonyl (C=O) groups is 1. The topological polar surface area (TPSA) is 44.4 Å². The van der Waals surface area contributed by atoms with E-state index in [-0.39, 0.29) is 30.7 Å². The SMILES string of the molecule is Cl.Cl.O=C(CCC1CCNC1)NCc1ccc(CN2CCCC2)cc1. The fourth-order valence-electron chi connectivity index (χ4n) is 3.55. The molecule has 0 saturated carbocycles. The Morgan fingerprint density at radius 3 is 2.44 bits per heavy atom. The van der Waals surface area contributed by atoms with Gasteiger partial charge in [-0.2, -0.15) is 0 Å². The Morgan fingerprint density at radius 1 is 1.12 bits per heavy atom. The molecule has 25 heavy (non-hydrogen) atoms. The summed E-state index contributed by atoms with van der Waals surface area (Å²) in [6, 6.07) is 8.69. The third kappa shape index (κ3) is 7.53. The standard InChI is InChI=1S/C19H29N3O.2ClH/c23-19(8-7-17-9-10-20-13-17)21-14-16-3-5-18(6-4-16)15-22-11-1-2-12-22;;/h3-6,17,20H,1-2,7-15H2,(H,21,23);2*1H. The average Bonchev–Trinajstić information content (AvgIpc) is 3.26. The first kappa shape index (κ1) is 22.2. The van der Waals surface area contributed by atoms with Gasteiger partial charge in [0.2, 0.25) is 5.91 Å². The van der Waals surface area contributed by atoms with E-state index in [1.54, 1.807) is 0 Å². The third-order valence-corrected chi connectivity index (χ3v) is 5.06. The predicted octanol–water partition coefficient (Wildman–Crippen LogP) is 3.13. The molecule has 1 unspecified atom stereocenters. The van der Waals surface area contributed by atoms with E-state index < -0.39 is 0 Å². The lowest BCUT2D eigenvalue weighted by atomic mass is 10.0. The molecule has 2 fully saturated rings. The maximum absolute atomic E-state index is 11.9. The van der Waals surface area contributed by atoms with Crippen molar-refractivity contribution in [3.63, 3.8) is 0 Å². The second-order valence-corrected chi connectivity index (χ2v) is 6.97. The molecule has 1 amide bonds. The monoisotopic (exact) mass is 387 g/mol. The van der Waals surface area contributed by atoms with Gasteiger partial charge < -0.3 is 10.6 Å². The highest BCUT2D eigenvalue weighted by Gasteiger charge is 2.15. The van der Waals surface area contributed by atoms with Gasteiger partial charge in [-0.05, 0) is 68.9 Å². The summed E-state index contributed by atoms with van der Waals surface area (Å²) in [5, 5.41) is 6.40. The third-order valence-electron chi connectivity index (χ3n) is 5.06. The van der Waals surface area contributed by atoms with Crippen LogP contribution in [0.4, 0.5) is 0 Å². The molecule has 3 rings (SSSR count). The second-order valence-electron chi connectivity index (χ2n) is 6.97. The van der Waals surface area contributed by atoms with E-state index in [0.29, 0.717) is 18.9 Å². The minimum absolute atomic E-state index is 0. The van der Waals surface area contributed by atoms with E-state index in [1.807, 2.05) is 0 Å². The van der Waals surface area contributed by atoms with Crippen molar-refractivity contribution in [3.8, 4) is 0 Å². The number of halogens is 2. The lowest BCUT2D eigenvalue weighted by Crippen LogP contribution is -2.23. The molecule has 2 N–H and O–H groups in total. The molecule has 2 heterocycles. The number of nitrogens with zero attached hydrogens (tertiary/aromatic N) is 1. The zero-order valence-corrected chi connectivity index (χ0v) is 16.5. The molecular formula is C19H31Cl2N3O. The lowest BCUT2D eigenvalue weighted by molar-refractivity contribution is -0.121. The molecule has 142 valence electrons. The van der Waals surface area contributed by atoms with Gasteiger partial charge in [-0.25, -0.2) is 0 Å². The Labute approximate surface area is 163 Å². The molecule has 0 spiro atoms. The first-order valence-electron chi connectivity index (χ1n) is 9.07. The number of rotatable bonds is 7. The average molecular weight is 388 g/mol. The van der Waals surface area contributed by atoms with Crippen LogP contribution in [0.5, 0.6) is 0 Å². The van der Waals surface area contributed by atoms with Gasteiger partial charge in [0.1, 0.15) is 0 Å². The largest absolute Gasteiger partial charge is 0.352 e. The van der Waals surface area contributed by atoms with Crippen molar-refractivity contribution < 1.29 is 4.79 Å². The molecule has 0 radical (unpaired) electrons. The van der Waals surface area contributed by atoms with Crippen molar-refractivity contribution in [2.75, 3.05) is 26.2 Å². The predicted molar refractivity (Wildman–Crippen MR) is 108 cm³/mol. The Hall–Kier alpha value is -0.810. The van der Waals surface area contributed by atoms with E-state index in [0.717, 1.165) is 26.1 Å². The number of hydrogen-bond donors (Lipinski definition) is 2. The maximum Gasteiger partial charge on any atom is 0.220 e. The zero-order valence-electron chi connectivity index (χ0n) is 14.8. The highest BCUT2D eigenvalue weighted by molar-refractivity contribution is 5.85. The van der Waals surface area contributed by atoms with Crippen LogP contribution in [0.1, 0.15) is 43.2 Å². The molecule has 1 atom stereocenters. The van der Waals surface area contributed by atoms with Crippen molar-refractivity contribution >= 4 is 30.7 Å². The number of likely N-dealkylation sites (tertiary alicyclic amines) is 1. The van der Waals surface area contributed by atoms with E-state index >= 15 is 0 Å². The van der Waals surface area contributed by atoms with Crippen molar-refractivity contribution in [1.82, 2.24) is 15.5 Å². The van der Waals surface area contributed by atoms with Gasteiger partial charge in [-0.15, -0.1) is 24.8 Å². The van der Waals surface area contributed by atoms with Crippen LogP contribution in [0.3, 0.4) is 0 Å². The van der Waals surface area contributed by atoms with Crippen molar-refractivity contribution in [2.45, 2.75) is 45.2 Å². The van der Waals surface area contributed by atoms with Crippen LogP contribution in [-0.2, 0) is 17.9 Å². The highest BCUT2D eigenvalue weighted by atomic mass is 35.5. The fraction of sp³-hybridized carbons (Fsp3) is 0.632. The maximum atomic E-state index is 11.9. The van der Waals surface area contributed by atoms with Crippen LogP contribution >= 0.6 is 24.8 Å². The molecule has 1 aromatic carbocycles. The summed E-state index contributed by atoms with van der Waals surface area (Å²) in [4.78, 5) is 14.4. The Morgan fingerprint density at radius 2 is 1.80 bits per heavy atom. The molecule has 2 aliphatic heterocycles. The van der Waals surface area contributed by atoms with E-state index in [2.05, 4.69) is 39.8 Å². The van der Waals surface area contributed by atoms with Gasteiger partial charge in [0, 0.05) is 19.5 Å². The molecule has 4 nitrogen and oxygen atoms in total. The normalized spacial score (nSPS) is 19.9. The number of benzene rings is 1. The summed E-state index contributed by atoms with van der Waals surface area (Å²) in [6.45, 7) is 6.35. The van der Waals surface area contributed by atoms with Gasteiger partial charge in [-0.1, -0.05) is 24.3 Å². The minimum atomic E-state index is 0. The van der Waals surface area contributed by atoms with Crippen LogP contribution in [0.2, 0.25) is 0 Å². The molecule has 0 bridgehead atoms. The zero-order chi connectivity index (χ0) is 15.9. The summed E-state index contributed by atoms with van der Waals surface area (Å²) in [7, 11) is 0. The first-order valence-corrected chi connectivity index (χ1v) is 9.07. The summed E-state index contributed by atoms with van der Waals surface area (Å²) in [5.41, 5.74) is 2.56. The number of amides is 1. The highest BCUT2D eigenvalue weighted by Crippen LogP contribution is 2.15. The van der Waals surface area contributed by atoms with Gasteiger partial charge >= 0.3 is 0 Å². The van der Waals surface area contributed by atoms with E-state index in [1.165, 1.54) is 43.5 Å². The van der Waals surface area contributed by atoms with Crippen LogP contribution < -0.4 is 10.6 Å². The first-order chi connectivity index (χ1) is 11.3. The van der Waals surface area contributed by atoms with E-state index in [9.17, 15) is 4.79 Å². The van der Waals surface area contributed by atoms with E-state index in [4.69, 9.17) is 0 Å².